The topological polar surface area (TPSA) is 37.4 Å². The molecule has 0 fully saturated rings. The molecule has 0 aromatic heterocycles. The molecule has 0 aliphatic carbocycles. The van der Waals surface area contributed by atoms with Crippen LogP contribution in [0.15, 0.2) is 23.1 Å². The standard InChI is InChI=1S/C16H26ClNO2S/c1-12(2)10-18(11-13(3)4)21(19,20)16-8-6-7-15(9-17)14(16)5/h6-8,12-13H,9-11H2,1-5H3. The Morgan fingerprint density at radius 2 is 1.62 bits per heavy atom. The molecule has 0 spiro atoms. The second kappa shape index (κ2) is 7.61. The van der Waals surface area contributed by atoms with Crippen LogP contribution in [0.25, 0.3) is 0 Å². The van der Waals surface area contributed by atoms with Crippen LogP contribution in [0.3, 0.4) is 0 Å². The third kappa shape index (κ3) is 4.70. The molecular formula is C16H26ClNO2S. The molecule has 0 aliphatic rings. The summed E-state index contributed by atoms with van der Waals surface area (Å²) in [6.07, 6.45) is 0. The Labute approximate surface area is 134 Å². The van der Waals surface area contributed by atoms with Crippen LogP contribution in [0.5, 0.6) is 0 Å². The van der Waals surface area contributed by atoms with Crippen molar-refractivity contribution < 1.29 is 8.42 Å². The Bertz CT molecular complexity index is 558. The van der Waals surface area contributed by atoms with Crippen molar-refractivity contribution in [3.8, 4) is 0 Å². The van der Waals surface area contributed by atoms with Crippen LogP contribution in [0, 0.1) is 18.8 Å². The Morgan fingerprint density at radius 3 is 2.05 bits per heavy atom. The number of nitrogens with zero attached hydrogens (tertiary/aromatic N) is 1. The quantitative estimate of drug-likeness (QED) is 0.707. The molecule has 120 valence electrons. The highest BCUT2D eigenvalue weighted by Crippen LogP contribution is 2.25. The van der Waals surface area contributed by atoms with E-state index in [1.54, 1.807) is 16.4 Å². The lowest BCUT2D eigenvalue weighted by atomic mass is 10.1. The normalized spacial score (nSPS) is 12.6. The smallest absolute Gasteiger partial charge is 0.207 e. The highest BCUT2D eigenvalue weighted by Gasteiger charge is 2.27. The van der Waals surface area contributed by atoms with Crippen LogP contribution in [0.2, 0.25) is 0 Å². The van der Waals surface area contributed by atoms with Gasteiger partial charge in [0.15, 0.2) is 0 Å². The molecule has 0 N–H and O–H groups in total. The first kappa shape index (κ1) is 18.5. The fraction of sp³-hybridized carbons (Fsp3) is 0.625. The lowest BCUT2D eigenvalue weighted by molar-refractivity contribution is 0.333. The Morgan fingerprint density at radius 1 is 1.10 bits per heavy atom. The molecule has 0 radical (unpaired) electrons. The van der Waals surface area contributed by atoms with Crippen molar-refractivity contribution in [1.29, 1.82) is 0 Å². The molecule has 1 rings (SSSR count). The summed E-state index contributed by atoms with van der Waals surface area (Å²) in [6, 6.07) is 5.31. The van der Waals surface area contributed by atoms with Crippen LogP contribution in [-0.4, -0.2) is 25.8 Å². The van der Waals surface area contributed by atoms with Gasteiger partial charge in [-0.1, -0.05) is 39.8 Å². The first-order chi connectivity index (χ1) is 9.70. The zero-order valence-electron chi connectivity index (χ0n) is 13.6. The van der Waals surface area contributed by atoms with E-state index in [1.165, 1.54) is 0 Å². The number of hydrogen-bond donors (Lipinski definition) is 0. The second-order valence-electron chi connectivity index (χ2n) is 6.28. The van der Waals surface area contributed by atoms with E-state index < -0.39 is 10.0 Å². The number of benzene rings is 1. The molecule has 5 heteroatoms. The van der Waals surface area contributed by atoms with Gasteiger partial charge in [-0.25, -0.2) is 8.42 Å². The second-order valence-corrected chi connectivity index (χ2v) is 8.46. The molecule has 0 bridgehead atoms. The molecule has 0 atom stereocenters. The molecule has 0 saturated carbocycles. The summed E-state index contributed by atoms with van der Waals surface area (Å²) in [7, 11) is -3.48. The predicted molar refractivity (Wildman–Crippen MR) is 89.2 cm³/mol. The highest BCUT2D eigenvalue weighted by atomic mass is 35.5. The van der Waals surface area contributed by atoms with E-state index in [0.717, 1.165) is 11.1 Å². The maximum absolute atomic E-state index is 13.0. The van der Waals surface area contributed by atoms with Gasteiger partial charge in [0.05, 0.1) is 4.90 Å². The van der Waals surface area contributed by atoms with Gasteiger partial charge in [-0.3, -0.25) is 0 Å². The largest absolute Gasteiger partial charge is 0.243 e. The van der Waals surface area contributed by atoms with Crippen molar-refractivity contribution in [3.63, 3.8) is 0 Å². The molecular weight excluding hydrogens is 306 g/mol. The van der Waals surface area contributed by atoms with Gasteiger partial charge in [0.1, 0.15) is 0 Å². The van der Waals surface area contributed by atoms with Gasteiger partial charge in [-0.2, -0.15) is 4.31 Å². The summed E-state index contributed by atoms with van der Waals surface area (Å²) in [5, 5.41) is 0. The number of halogens is 1. The zero-order valence-corrected chi connectivity index (χ0v) is 15.1. The molecule has 1 aromatic carbocycles. The number of sulfonamides is 1. The molecule has 0 amide bonds. The first-order valence-corrected chi connectivity index (χ1v) is 9.32. The van der Waals surface area contributed by atoms with Crippen LogP contribution in [0.4, 0.5) is 0 Å². The van der Waals surface area contributed by atoms with Crippen molar-refractivity contribution in [2.24, 2.45) is 11.8 Å². The summed E-state index contributed by atoms with van der Waals surface area (Å²) in [4.78, 5) is 0.377. The van der Waals surface area contributed by atoms with Crippen LogP contribution in [0.1, 0.15) is 38.8 Å². The molecule has 3 nitrogen and oxygen atoms in total. The number of hydrogen-bond acceptors (Lipinski definition) is 2. The predicted octanol–water partition coefficient (Wildman–Crippen LogP) is 4.04. The van der Waals surface area contributed by atoms with Gasteiger partial charge in [-0.15, -0.1) is 11.6 Å². The fourth-order valence-corrected chi connectivity index (χ4v) is 4.63. The monoisotopic (exact) mass is 331 g/mol. The van der Waals surface area contributed by atoms with E-state index in [1.807, 2.05) is 40.7 Å². The van der Waals surface area contributed by atoms with Gasteiger partial charge in [0.25, 0.3) is 0 Å². The van der Waals surface area contributed by atoms with Crippen molar-refractivity contribution in [2.45, 2.75) is 45.4 Å². The zero-order chi connectivity index (χ0) is 16.2. The number of alkyl halides is 1. The lowest BCUT2D eigenvalue weighted by Gasteiger charge is -2.26. The fourth-order valence-electron chi connectivity index (χ4n) is 2.31. The molecule has 0 saturated heterocycles. The van der Waals surface area contributed by atoms with Crippen molar-refractivity contribution in [3.05, 3.63) is 29.3 Å². The summed E-state index contributed by atoms with van der Waals surface area (Å²) in [5.74, 6) is 0.897. The minimum Gasteiger partial charge on any atom is -0.207 e. The Hall–Kier alpha value is -0.580. The minimum absolute atomic E-state index is 0.287. The van der Waals surface area contributed by atoms with E-state index in [9.17, 15) is 8.42 Å². The van der Waals surface area contributed by atoms with Crippen LogP contribution in [-0.2, 0) is 15.9 Å². The summed E-state index contributed by atoms with van der Waals surface area (Å²) < 4.78 is 27.6. The van der Waals surface area contributed by atoms with Crippen LogP contribution < -0.4 is 0 Å². The lowest BCUT2D eigenvalue weighted by Crippen LogP contribution is -2.37. The SMILES string of the molecule is Cc1c(CCl)cccc1S(=O)(=O)N(CC(C)C)CC(C)C. The average Bonchev–Trinajstić information content (AvgIpc) is 2.36. The van der Waals surface area contributed by atoms with E-state index in [-0.39, 0.29) is 11.8 Å². The molecule has 0 heterocycles. The first-order valence-electron chi connectivity index (χ1n) is 7.34. The summed E-state index contributed by atoms with van der Waals surface area (Å²) in [6.45, 7) is 11.0. The molecule has 0 aliphatic heterocycles. The highest BCUT2D eigenvalue weighted by molar-refractivity contribution is 7.89. The van der Waals surface area contributed by atoms with E-state index in [4.69, 9.17) is 11.6 Å². The Kier molecular flexibility index (Phi) is 6.70. The summed E-state index contributed by atoms with van der Waals surface area (Å²) in [5.41, 5.74) is 1.62. The third-order valence-corrected chi connectivity index (χ3v) is 5.56. The van der Waals surface area contributed by atoms with Crippen LogP contribution >= 0.6 is 11.6 Å². The van der Waals surface area contributed by atoms with E-state index in [0.29, 0.717) is 23.9 Å². The average molecular weight is 332 g/mol. The third-order valence-electron chi connectivity index (χ3n) is 3.30. The van der Waals surface area contributed by atoms with Crippen molar-refractivity contribution in [2.75, 3.05) is 13.1 Å². The molecule has 21 heavy (non-hydrogen) atoms. The van der Waals surface area contributed by atoms with Gasteiger partial charge < -0.3 is 0 Å². The maximum Gasteiger partial charge on any atom is 0.243 e. The van der Waals surface area contributed by atoms with Gasteiger partial charge in [0, 0.05) is 19.0 Å². The van der Waals surface area contributed by atoms with Gasteiger partial charge >= 0.3 is 0 Å². The van der Waals surface area contributed by atoms with Crippen molar-refractivity contribution >= 4 is 21.6 Å². The van der Waals surface area contributed by atoms with E-state index in [2.05, 4.69) is 0 Å². The minimum atomic E-state index is -3.48. The maximum atomic E-state index is 13.0. The van der Waals surface area contributed by atoms with E-state index >= 15 is 0 Å². The number of rotatable bonds is 7. The molecule has 1 aromatic rings. The van der Waals surface area contributed by atoms with Gasteiger partial charge in [-0.05, 0) is 36.0 Å². The van der Waals surface area contributed by atoms with Crippen molar-refractivity contribution in [1.82, 2.24) is 4.31 Å². The summed E-state index contributed by atoms with van der Waals surface area (Å²) >= 11 is 5.89. The molecule has 0 unspecified atom stereocenters. The van der Waals surface area contributed by atoms with Gasteiger partial charge in [0.2, 0.25) is 10.0 Å². The Balaban J connectivity index is 3.28.